The van der Waals surface area contributed by atoms with Crippen molar-refractivity contribution in [3.63, 3.8) is 0 Å². The standard InChI is InChI=1S/C6H3IN3O2/c7-4-2-1-3-5(9-8)6(4)10(11)12/h1-3H/q+1. The van der Waals surface area contributed by atoms with Crippen molar-refractivity contribution in [1.29, 1.82) is 5.39 Å². The predicted octanol–water partition coefficient (Wildman–Crippen LogP) is 2.68. The summed E-state index contributed by atoms with van der Waals surface area (Å²) in [6.07, 6.45) is 0. The quantitative estimate of drug-likeness (QED) is 0.342. The van der Waals surface area contributed by atoms with Crippen molar-refractivity contribution in [3.05, 3.63) is 36.9 Å². The van der Waals surface area contributed by atoms with Gasteiger partial charge in [0.2, 0.25) is 5.39 Å². The number of diazo groups is 1. The summed E-state index contributed by atoms with van der Waals surface area (Å²) < 4.78 is 0.452. The van der Waals surface area contributed by atoms with Gasteiger partial charge in [0, 0.05) is 6.07 Å². The highest BCUT2D eigenvalue weighted by Crippen LogP contribution is 2.31. The van der Waals surface area contributed by atoms with Gasteiger partial charge in [-0.05, 0) is 28.7 Å². The van der Waals surface area contributed by atoms with Gasteiger partial charge in [-0.3, -0.25) is 10.1 Å². The fraction of sp³-hybridized carbons (Fsp3) is 0. The van der Waals surface area contributed by atoms with Gasteiger partial charge >= 0.3 is 11.4 Å². The predicted molar refractivity (Wildman–Crippen MR) is 50.6 cm³/mol. The molecule has 0 saturated heterocycles. The third-order valence-corrected chi connectivity index (χ3v) is 2.13. The molecule has 5 nitrogen and oxygen atoms in total. The highest BCUT2D eigenvalue weighted by molar-refractivity contribution is 14.1. The first-order valence-corrected chi connectivity index (χ1v) is 4.02. The van der Waals surface area contributed by atoms with Crippen molar-refractivity contribution in [1.82, 2.24) is 0 Å². The van der Waals surface area contributed by atoms with Crippen LogP contribution in [0.1, 0.15) is 0 Å². The molecule has 0 fully saturated rings. The van der Waals surface area contributed by atoms with E-state index >= 15 is 0 Å². The fourth-order valence-electron chi connectivity index (χ4n) is 0.765. The van der Waals surface area contributed by atoms with Gasteiger partial charge in [0.25, 0.3) is 0 Å². The lowest BCUT2D eigenvalue weighted by molar-refractivity contribution is -0.384. The van der Waals surface area contributed by atoms with E-state index in [4.69, 9.17) is 5.39 Å². The molecule has 6 heteroatoms. The molecule has 0 N–H and O–H groups in total. The van der Waals surface area contributed by atoms with Crippen LogP contribution in [0.25, 0.3) is 4.98 Å². The number of nitrogens with zero attached hydrogens (tertiary/aromatic N) is 3. The molecule has 0 saturated carbocycles. The van der Waals surface area contributed by atoms with E-state index in [1.165, 1.54) is 6.07 Å². The first kappa shape index (κ1) is 8.86. The first-order valence-electron chi connectivity index (χ1n) is 2.95. The molecule has 0 unspecified atom stereocenters. The van der Waals surface area contributed by atoms with Crippen molar-refractivity contribution in [2.45, 2.75) is 0 Å². The Morgan fingerprint density at radius 3 is 2.67 bits per heavy atom. The van der Waals surface area contributed by atoms with Crippen molar-refractivity contribution in [2.75, 3.05) is 0 Å². The number of nitro benzene ring substituents is 1. The number of nitro groups is 1. The van der Waals surface area contributed by atoms with Gasteiger partial charge < -0.3 is 0 Å². The second-order valence-corrected chi connectivity index (χ2v) is 3.13. The van der Waals surface area contributed by atoms with Crippen molar-refractivity contribution < 1.29 is 4.92 Å². The molecular weight excluding hydrogens is 273 g/mol. The molecule has 0 heterocycles. The Bertz CT molecular complexity index is 372. The van der Waals surface area contributed by atoms with Crippen LogP contribution < -0.4 is 0 Å². The van der Waals surface area contributed by atoms with Gasteiger partial charge in [-0.2, -0.15) is 0 Å². The molecule has 0 aliphatic carbocycles. The number of hydrogen-bond donors (Lipinski definition) is 0. The number of hydrogen-bond acceptors (Lipinski definition) is 3. The first-order chi connectivity index (χ1) is 5.66. The minimum absolute atomic E-state index is 0.0214. The second kappa shape index (κ2) is 3.44. The molecule has 0 radical (unpaired) electrons. The van der Waals surface area contributed by atoms with E-state index in [2.05, 4.69) is 4.98 Å². The monoisotopic (exact) mass is 276 g/mol. The lowest BCUT2D eigenvalue weighted by atomic mass is 10.3. The fourth-order valence-corrected chi connectivity index (χ4v) is 1.45. The summed E-state index contributed by atoms with van der Waals surface area (Å²) in [7, 11) is 0. The Morgan fingerprint density at radius 1 is 1.58 bits per heavy atom. The summed E-state index contributed by atoms with van der Waals surface area (Å²) >= 11 is 1.81. The Hall–Kier alpha value is -1.23. The van der Waals surface area contributed by atoms with E-state index in [-0.39, 0.29) is 11.4 Å². The average Bonchev–Trinajstić information content (AvgIpc) is 2.03. The number of benzene rings is 1. The van der Waals surface area contributed by atoms with Crippen molar-refractivity contribution >= 4 is 34.0 Å². The van der Waals surface area contributed by atoms with Gasteiger partial charge in [-0.25, -0.2) is 0 Å². The van der Waals surface area contributed by atoms with Crippen LogP contribution in [0, 0.1) is 19.1 Å². The van der Waals surface area contributed by atoms with E-state index in [9.17, 15) is 10.1 Å². The minimum atomic E-state index is -0.573. The Morgan fingerprint density at radius 2 is 2.25 bits per heavy atom. The molecular formula is C6H3IN3O2+. The van der Waals surface area contributed by atoms with Crippen molar-refractivity contribution in [2.24, 2.45) is 0 Å². The molecule has 0 aromatic heterocycles. The third-order valence-electron chi connectivity index (χ3n) is 1.26. The van der Waals surface area contributed by atoms with Crippen LogP contribution in [0.15, 0.2) is 18.2 Å². The van der Waals surface area contributed by atoms with Gasteiger partial charge in [-0.1, -0.05) is 6.07 Å². The summed E-state index contributed by atoms with van der Waals surface area (Å²) in [6.45, 7) is 0. The van der Waals surface area contributed by atoms with Crippen LogP contribution in [-0.2, 0) is 0 Å². The van der Waals surface area contributed by atoms with Crippen LogP contribution >= 0.6 is 22.6 Å². The summed E-state index contributed by atoms with van der Waals surface area (Å²) in [5.74, 6) is 0. The van der Waals surface area contributed by atoms with Crippen LogP contribution in [0.3, 0.4) is 0 Å². The summed E-state index contributed by atoms with van der Waals surface area (Å²) in [4.78, 5) is 12.7. The Labute approximate surface area is 81.3 Å². The van der Waals surface area contributed by atoms with Gasteiger partial charge in [0.05, 0.1) is 8.49 Å². The maximum atomic E-state index is 10.4. The SMILES string of the molecule is N#[N+]c1cccc(I)c1[N+](=O)[O-]. The maximum absolute atomic E-state index is 10.4. The van der Waals surface area contributed by atoms with Gasteiger partial charge in [-0.15, -0.1) is 0 Å². The number of para-hydroxylation sites is 1. The van der Waals surface area contributed by atoms with Crippen molar-refractivity contribution in [3.8, 4) is 0 Å². The average molecular weight is 276 g/mol. The Kier molecular flexibility index (Phi) is 2.54. The molecule has 0 aliphatic rings. The molecule has 0 amide bonds. The van der Waals surface area contributed by atoms with Gasteiger partial charge in [0.15, 0.2) is 4.98 Å². The summed E-state index contributed by atoms with van der Waals surface area (Å²) in [5, 5.41) is 18.8. The number of halogens is 1. The second-order valence-electron chi connectivity index (χ2n) is 1.96. The molecule has 0 bridgehead atoms. The maximum Gasteiger partial charge on any atom is 0.462 e. The molecule has 0 aliphatic heterocycles. The molecule has 60 valence electrons. The zero-order valence-corrected chi connectivity index (χ0v) is 7.93. The lowest BCUT2D eigenvalue weighted by Crippen LogP contribution is -1.90. The van der Waals surface area contributed by atoms with E-state index in [1.54, 1.807) is 12.1 Å². The van der Waals surface area contributed by atoms with Crippen LogP contribution in [0.2, 0.25) is 0 Å². The minimum Gasteiger partial charge on any atom is -0.258 e. The number of rotatable bonds is 1. The normalized spacial score (nSPS) is 9.00. The highest BCUT2D eigenvalue weighted by Gasteiger charge is 2.27. The molecule has 0 spiro atoms. The lowest BCUT2D eigenvalue weighted by Gasteiger charge is -1.88. The smallest absolute Gasteiger partial charge is 0.258 e. The zero-order chi connectivity index (χ0) is 9.14. The van der Waals surface area contributed by atoms with Crippen LogP contribution in [0.4, 0.5) is 11.4 Å². The molecule has 1 aromatic rings. The molecule has 0 atom stereocenters. The molecule has 12 heavy (non-hydrogen) atoms. The van der Waals surface area contributed by atoms with E-state index in [0.29, 0.717) is 3.57 Å². The largest absolute Gasteiger partial charge is 0.462 e. The van der Waals surface area contributed by atoms with E-state index in [0.717, 1.165) is 0 Å². The topological polar surface area (TPSA) is 71.3 Å². The Balaban J connectivity index is 3.42. The summed E-state index contributed by atoms with van der Waals surface area (Å²) in [6, 6.07) is 4.54. The van der Waals surface area contributed by atoms with E-state index in [1.807, 2.05) is 22.6 Å². The third kappa shape index (κ3) is 1.50. The van der Waals surface area contributed by atoms with E-state index < -0.39 is 4.92 Å². The van der Waals surface area contributed by atoms with Crippen LogP contribution in [0.5, 0.6) is 0 Å². The molecule has 1 rings (SSSR count). The van der Waals surface area contributed by atoms with Crippen LogP contribution in [-0.4, -0.2) is 4.92 Å². The zero-order valence-electron chi connectivity index (χ0n) is 5.77. The summed E-state index contributed by atoms with van der Waals surface area (Å²) in [5.41, 5.74) is -0.187. The van der Waals surface area contributed by atoms with Gasteiger partial charge in [0.1, 0.15) is 0 Å². The highest BCUT2D eigenvalue weighted by atomic mass is 127. The molecule has 1 aromatic carbocycles.